The lowest BCUT2D eigenvalue weighted by atomic mass is 9.93. The van der Waals surface area contributed by atoms with E-state index in [0.29, 0.717) is 18.1 Å². The van der Waals surface area contributed by atoms with Gasteiger partial charge in [-0.05, 0) is 31.7 Å². The van der Waals surface area contributed by atoms with Crippen molar-refractivity contribution in [2.75, 3.05) is 26.7 Å². The molecule has 0 aromatic carbocycles. The van der Waals surface area contributed by atoms with Crippen LogP contribution in [0.5, 0.6) is 0 Å². The van der Waals surface area contributed by atoms with Crippen molar-refractivity contribution in [3.8, 4) is 0 Å². The maximum atomic E-state index is 5.94. The molecule has 0 amide bonds. The molecule has 0 aliphatic carbocycles. The third-order valence-electron chi connectivity index (χ3n) is 3.85. The lowest BCUT2D eigenvalue weighted by Crippen LogP contribution is -2.50. The standard InChI is InChI=1S/C13H28N2O/c1-4-6-11(2)13(9-14)15-8-5-7-12(10-15)16-3/h11-13H,4-10,14H2,1-3H3. The van der Waals surface area contributed by atoms with E-state index in [-0.39, 0.29) is 0 Å². The minimum atomic E-state index is 0.414. The van der Waals surface area contributed by atoms with Crippen LogP contribution in [-0.4, -0.2) is 43.8 Å². The Morgan fingerprint density at radius 3 is 2.81 bits per heavy atom. The van der Waals surface area contributed by atoms with Gasteiger partial charge < -0.3 is 10.5 Å². The van der Waals surface area contributed by atoms with Gasteiger partial charge in [0.05, 0.1) is 6.10 Å². The normalized spacial score (nSPS) is 26.6. The van der Waals surface area contributed by atoms with E-state index in [2.05, 4.69) is 18.7 Å². The van der Waals surface area contributed by atoms with E-state index in [1.54, 1.807) is 0 Å². The first-order valence-corrected chi connectivity index (χ1v) is 6.69. The zero-order valence-corrected chi connectivity index (χ0v) is 11.1. The Labute approximate surface area is 100 Å². The largest absolute Gasteiger partial charge is 0.380 e. The molecule has 16 heavy (non-hydrogen) atoms. The molecular formula is C13H28N2O. The molecule has 3 unspecified atom stereocenters. The Hall–Kier alpha value is -0.120. The molecule has 1 rings (SSSR count). The van der Waals surface area contributed by atoms with Crippen molar-refractivity contribution in [3.05, 3.63) is 0 Å². The van der Waals surface area contributed by atoms with Crippen LogP contribution in [0.15, 0.2) is 0 Å². The fourth-order valence-corrected chi connectivity index (χ4v) is 2.85. The van der Waals surface area contributed by atoms with Gasteiger partial charge in [-0.1, -0.05) is 20.3 Å². The Balaban J connectivity index is 2.50. The molecule has 3 heteroatoms. The number of nitrogens with two attached hydrogens (primary N) is 1. The number of likely N-dealkylation sites (tertiary alicyclic amines) is 1. The Kier molecular flexibility index (Phi) is 6.32. The minimum Gasteiger partial charge on any atom is -0.380 e. The quantitative estimate of drug-likeness (QED) is 0.754. The van der Waals surface area contributed by atoms with Gasteiger partial charge in [0.2, 0.25) is 0 Å². The first kappa shape index (κ1) is 13.9. The van der Waals surface area contributed by atoms with Gasteiger partial charge in [0.25, 0.3) is 0 Å². The summed E-state index contributed by atoms with van der Waals surface area (Å²) in [5, 5.41) is 0. The second-order valence-electron chi connectivity index (χ2n) is 5.06. The molecule has 0 bridgehead atoms. The van der Waals surface area contributed by atoms with Crippen LogP contribution in [0.2, 0.25) is 0 Å². The maximum absolute atomic E-state index is 5.94. The highest BCUT2D eigenvalue weighted by atomic mass is 16.5. The van der Waals surface area contributed by atoms with Gasteiger partial charge in [0.15, 0.2) is 0 Å². The molecule has 96 valence electrons. The monoisotopic (exact) mass is 228 g/mol. The van der Waals surface area contributed by atoms with Gasteiger partial charge in [-0.3, -0.25) is 4.90 Å². The molecule has 1 saturated heterocycles. The van der Waals surface area contributed by atoms with Crippen molar-refractivity contribution in [1.82, 2.24) is 4.90 Å². The average Bonchev–Trinajstić information content (AvgIpc) is 2.31. The van der Waals surface area contributed by atoms with Crippen molar-refractivity contribution >= 4 is 0 Å². The SMILES string of the molecule is CCCC(C)C(CN)N1CCCC(OC)C1. The summed E-state index contributed by atoms with van der Waals surface area (Å²) >= 11 is 0. The number of nitrogens with zero attached hydrogens (tertiary/aromatic N) is 1. The van der Waals surface area contributed by atoms with Crippen LogP contribution in [-0.2, 0) is 4.74 Å². The maximum Gasteiger partial charge on any atom is 0.0698 e. The molecule has 0 spiro atoms. The van der Waals surface area contributed by atoms with E-state index in [4.69, 9.17) is 10.5 Å². The first-order chi connectivity index (χ1) is 7.72. The number of hydrogen-bond donors (Lipinski definition) is 1. The fraction of sp³-hybridized carbons (Fsp3) is 1.00. The molecular weight excluding hydrogens is 200 g/mol. The van der Waals surface area contributed by atoms with Gasteiger partial charge >= 0.3 is 0 Å². The van der Waals surface area contributed by atoms with E-state index in [0.717, 1.165) is 13.1 Å². The summed E-state index contributed by atoms with van der Waals surface area (Å²) in [6, 6.07) is 0.540. The van der Waals surface area contributed by atoms with Crippen molar-refractivity contribution in [3.63, 3.8) is 0 Å². The van der Waals surface area contributed by atoms with Crippen molar-refractivity contribution in [2.24, 2.45) is 11.7 Å². The number of methoxy groups -OCH3 is 1. The van der Waals surface area contributed by atoms with Crippen LogP contribution >= 0.6 is 0 Å². The number of ether oxygens (including phenoxy) is 1. The molecule has 1 fully saturated rings. The Bertz CT molecular complexity index is 187. The smallest absolute Gasteiger partial charge is 0.0698 e. The van der Waals surface area contributed by atoms with Crippen LogP contribution in [0.4, 0.5) is 0 Å². The highest BCUT2D eigenvalue weighted by Gasteiger charge is 2.27. The summed E-state index contributed by atoms with van der Waals surface area (Å²) in [5.74, 6) is 0.700. The van der Waals surface area contributed by atoms with Crippen molar-refractivity contribution in [2.45, 2.75) is 51.7 Å². The highest BCUT2D eigenvalue weighted by Crippen LogP contribution is 2.21. The summed E-state index contributed by atoms with van der Waals surface area (Å²) in [7, 11) is 1.82. The molecule has 3 atom stereocenters. The van der Waals surface area contributed by atoms with Crippen LogP contribution in [0.3, 0.4) is 0 Å². The Morgan fingerprint density at radius 1 is 1.50 bits per heavy atom. The molecule has 0 radical (unpaired) electrons. The van der Waals surface area contributed by atoms with Gasteiger partial charge in [0.1, 0.15) is 0 Å². The molecule has 0 aromatic rings. The van der Waals surface area contributed by atoms with E-state index in [1.165, 1.54) is 32.2 Å². The summed E-state index contributed by atoms with van der Waals surface area (Å²) in [6.45, 7) is 7.61. The predicted molar refractivity (Wildman–Crippen MR) is 68.5 cm³/mol. The summed E-state index contributed by atoms with van der Waals surface area (Å²) in [5.41, 5.74) is 5.94. The van der Waals surface area contributed by atoms with Crippen LogP contribution in [0.25, 0.3) is 0 Å². The van der Waals surface area contributed by atoms with Gasteiger partial charge in [-0.15, -0.1) is 0 Å². The van der Waals surface area contributed by atoms with Crippen molar-refractivity contribution in [1.29, 1.82) is 0 Å². The number of piperidine rings is 1. The highest BCUT2D eigenvalue weighted by molar-refractivity contribution is 4.83. The van der Waals surface area contributed by atoms with Crippen LogP contribution in [0.1, 0.15) is 39.5 Å². The number of rotatable bonds is 6. The van der Waals surface area contributed by atoms with E-state index >= 15 is 0 Å². The molecule has 1 heterocycles. The zero-order valence-electron chi connectivity index (χ0n) is 11.1. The lowest BCUT2D eigenvalue weighted by Gasteiger charge is -2.40. The van der Waals surface area contributed by atoms with E-state index < -0.39 is 0 Å². The zero-order chi connectivity index (χ0) is 12.0. The molecule has 0 aromatic heterocycles. The summed E-state index contributed by atoms with van der Waals surface area (Å²) < 4.78 is 5.47. The number of hydrogen-bond acceptors (Lipinski definition) is 3. The minimum absolute atomic E-state index is 0.414. The predicted octanol–water partition coefficient (Wildman–Crippen LogP) is 1.86. The van der Waals surface area contributed by atoms with Crippen LogP contribution in [0, 0.1) is 5.92 Å². The van der Waals surface area contributed by atoms with Gasteiger partial charge in [-0.2, -0.15) is 0 Å². The van der Waals surface area contributed by atoms with E-state index in [9.17, 15) is 0 Å². The third kappa shape index (κ3) is 3.72. The van der Waals surface area contributed by atoms with Gasteiger partial charge in [-0.25, -0.2) is 0 Å². The average molecular weight is 228 g/mol. The lowest BCUT2D eigenvalue weighted by molar-refractivity contribution is 0.00538. The molecule has 0 saturated carbocycles. The fourth-order valence-electron chi connectivity index (χ4n) is 2.85. The molecule has 2 N–H and O–H groups in total. The molecule has 1 aliphatic heterocycles. The molecule has 1 aliphatic rings. The summed E-state index contributed by atoms with van der Waals surface area (Å²) in [4.78, 5) is 2.54. The third-order valence-corrected chi connectivity index (χ3v) is 3.85. The second-order valence-corrected chi connectivity index (χ2v) is 5.06. The Morgan fingerprint density at radius 2 is 2.25 bits per heavy atom. The first-order valence-electron chi connectivity index (χ1n) is 6.69. The second kappa shape index (κ2) is 7.25. The van der Waals surface area contributed by atoms with Crippen molar-refractivity contribution < 1.29 is 4.74 Å². The summed E-state index contributed by atoms with van der Waals surface area (Å²) in [6.07, 6.45) is 5.38. The molecule has 3 nitrogen and oxygen atoms in total. The topological polar surface area (TPSA) is 38.5 Å². The van der Waals surface area contributed by atoms with E-state index in [1.807, 2.05) is 7.11 Å². The van der Waals surface area contributed by atoms with Gasteiger partial charge in [0, 0.05) is 26.2 Å². The van der Waals surface area contributed by atoms with Crippen LogP contribution < -0.4 is 5.73 Å².